The molecular weight excluding hydrogens is 873 g/mol. The molecule has 310 valence electrons. The van der Waals surface area contributed by atoms with Gasteiger partial charge < -0.3 is 43.0 Å². The third-order valence-corrected chi connectivity index (χ3v) is 6.20. The van der Waals surface area contributed by atoms with Gasteiger partial charge in [0, 0.05) is 6.61 Å². The number of rotatable bonds is 23. The summed E-state index contributed by atoms with van der Waals surface area (Å²) in [5.74, 6) is 0. The van der Waals surface area contributed by atoms with Gasteiger partial charge in [-0.25, -0.2) is 0 Å². The van der Waals surface area contributed by atoms with E-state index in [1.807, 2.05) is 20.8 Å². The number of nitrogens with zero attached hydrogens (tertiary/aromatic N) is 12. The first-order valence-electron chi connectivity index (χ1n) is 16.5. The van der Waals surface area contributed by atoms with Gasteiger partial charge in [-0.2, -0.15) is 49.8 Å². The van der Waals surface area contributed by atoms with Crippen LogP contribution in [0.1, 0.15) is 40.0 Å². The quantitative estimate of drug-likeness (QED) is 0.0967. The Hall–Kier alpha value is -3.54. The summed E-state index contributed by atoms with van der Waals surface area (Å²) in [5.41, 5.74) is 0. The van der Waals surface area contributed by atoms with Crippen molar-refractivity contribution in [3.05, 3.63) is 31.7 Å². The second kappa shape index (κ2) is 29.7. The van der Waals surface area contributed by atoms with Crippen LogP contribution in [0.15, 0.2) is 0 Å². The molecule has 0 spiro atoms. The summed E-state index contributed by atoms with van der Waals surface area (Å²) in [4.78, 5) is 45.6. The molecule has 0 bridgehead atoms. The van der Waals surface area contributed by atoms with Gasteiger partial charge in [0.2, 0.25) is 31.7 Å². The lowest BCUT2D eigenvalue weighted by atomic mass is 10.5. The minimum absolute atomic E-state index is 0.00582. The van der Waals surface area contributed by atoms with Gasteiger partial charge in [0.25, 0.3) is 0 Å². The van der Waals surface area contributed by atoms with Crippen LogP contribution in [-0.4, -0.2) is 138 Å². The first-order valence-corrected chi connectivity index (χ1v) is 18.8. The number of aliphatic hydroxyl groups excluding tert-OH is 1. The lowest BCUT2D eigenvalue weighted by molar-refractivity contribution is 0.0711. The van der Waals surface area contributed by atoms with E-state index in [1.165, 1.54) is 0 Å². The van der Waals surface area contributed by atoms with E-state index >= 15 is 0 Å². The predicted molar refractivity (Wildman–Crippen MR) is 202 cm³/mol. The maximum absolute atomic E-state index is 7.88. The van der Waals surface area contributed by atoms with Gasteiger partial charge in [-0.1, -0.05) is 20.8 Å². The topological polar surface area (TPSA) is 249 Å². The summed E-state index contributed by atoms with van der Waals surface area (Å²) in [6.45, 7) is 9.03. The molecule has 4 aromatic heterocycles. The predicted octanol–water partition coefficient (Wildman–Crippen LogP) is 4.95. The van der Waals surface area contributed by atoms with E-state index in [0.29, 0.717) is 19.8 Å². The van der Waals surface area contributed by atoms with Crippen LogP contribution in [0.4, 0.5) is 0 Å². The van der Waals surface area contributed by atoms with Crippen molar-refractivity contribution in [3.63, 3.8) is 0 Å². The second-order valence-corrected chi connectivity index (χ2v) is 11.7. The van der Waals surface area contributed by atoms with Crippen molar-refractivity contribution in [1.82, 2.24) is 59.8 Å². The molecule has 0 atom stereocenters. The molecule has 0 amide bonds. The van der Waals surface area contributed by atoms with Crippen molar-refractivity contribution in [2.45, 2.75) is 40.0 Å². The average Bonchev–Trinajstić information content (AvgIpc) is 3.14. The molecule has 4 rings (SSSR count). The van der Waals surface area contributed by atoms with Crippen LogP contribution in [0.25, 0.3) is 0 Å². The van der Waals surface area contributed by atoms with E-state index in [-0.39, 0.29) is 121 Å². The standard InChI is InChI=1S/C16H22Cl2N6O5.C10H8Cl4N6O3.C3H8O/c1-3-5-26-13-19-11(17)21-15(23-13)28-9-7-25-8-10-29-16-22-12(18)20-14(24-16)27-6-4-2;11-5-15-6(12)18-9(17-5)22-3-1-21-2-4-23-10-19-7(13)16-8(14)20-10;1-2-3-4/h3-10H2,1-2H3;1-4H2;4H,2-3H2,1H3. The number of hydrogen-bond donors (Lipinski definition) is 1. The molecular formula is C29H38Cl6N12O9. The largest absolute Gasteiger partial charge is 0.463 e. The molecule has 0 unspecified atom stereocenters. The molecule has 27 heteroatoms. The maximum Gasteiger partial charge on any atom is 0.324 e. The Balaban J connectivity index is 0.000000360. The van der Waals surface area contributed by atoms with Gasteiger partial charge >= 0.3 is 36.1 Å². The van der Waals surface area contributed by atoms with Crippen LogP contribution in [0.3, 0.4) is 0 Å². The zero-order valence-electron chi connectivity index (χ0n) is 30.2. The molecule has 0 fully saturated rings. The van der Waals surface area contributed by atoms with Crippen molar-refractivity contribution in [2.75, 3.05) is 72.7 Å². The zero-order valence-corrected chi connectivity index (χ0v) is 34.8. The zero-order chi connectivity index (χ0) is 41.0. The Labute approximate surface area is 351 Å². The highest BCUT2D eigenvalue weighted by Crippen LogP contribution is 2.15. The Bertz CT molecular complexity index is 1540. The summed E-state index contributed by atoms with van der Waals surface area (Å²) in [5, 5.41) is 7.66. The van der Waals surface area contributed by atoms with Crippen molar-refractivity contribution in [2.24, 2.45) is 0 Å². The molecule has 0 aliphatic rings. The SMILES string of the molecule is CCCO.CCCOc1nc(Cl)nc(OCCOCCOc2nc(Cl)nc(OCCC)n2)n1.Clc1nc(Cl)nc(OCCOCCOc2nc(Cl)nc(Cl)n2)n1. The van der Waals surface area contributed by atoms with Crippen molar-refractivity contribution in [1.29, 1.82) is 0 Å². The minimum atomic E-state index is -0.0519. The molecule has 0 radical (unpaired) electrons. The lowest BCUT2D eigenvalue weighted by Gasteiger charge is -2.08. The van der Waals surface area contributed by atoms with Crippen molar-refractivity contribution >= 4 is 69.6 Å². The first-order chi connectivity index (χ1) is 27.0. The number of hydrogen-bond acceptors (Lipinski definition) is 21. The highest BCUT2D eigenvalue weighted by atomic mass is 35.5. The van der Waals surface area contributed by atoms with Crippen LogP contribution >= 0.6 is 69.6 Å². The summed E-state index contributed by atoms with van der Waals surface area (Å²) >= 11 is 34.0. The molecule has 21 nitrogen and oxygen atoms in total. The van der Waals surface area contributed by atoms with Crippen LogP contribution in [0.2, 0.25) is 31.7 Å². The average molecular weight is 911 g/mol. The van der Waals surface area contributed by atoms with E-state index in [0.717, 1.165) is 19.3 Å². The molecule has 0 aromatic carbocycles. The molecule has 1 N–H and O–H groups in total. The minimum Gasteiger partial charge on any atom is -0.463 e. The Morgan fingerprint density at radius 2 is 0.536 bits per heavy atom. The van der Waals surface area contributed by atoms with E-state index < -0.39 is 0 Å². The van der Waals surface area contributed by atoms with Crippen molar-refractivity contribution in [3.8, 4) is 36.1 Å². The van der Waals surface area contributed by atoms with Gasteiger partial charge in [-0.15, -0.1) is 9.97 Å². The van der Waals surface area contributed by atoms with E-state index in [4.69, 9.17) is 113 Å². The molecule has 0 aliphatic carbocycles. The van der Waals surface area contributed by atoms with Crippen LogP contribution in [0, 0.1) is 0 Å². The first kappa shape index (κ1) is 48.6. The van der Waals surface area contributed by atoms with Gasteiger partial charge in [0.05, 0.1) is 39.6 Å². The number of ether oxygens (including phenoxy) is 8. The van der Waals surface area contributed by atoms with E-state index in [1.54, 1.807) is 0 Å². The Morgan fingerprint density at radius 1 is 0.321 bits per heavy atom. The molecule has 56 heavy (non-hydrogen) atoms. The third kappa shape index (κ3) is 22.9. The Kier molecular flexibility index (Phi) is 25.7. The molecule has 0 saturated heterocycles. The van der Waals surface area contributed by atoms with Gasteiger partial charge in [0.1, 0.15) is 26.4 Å². The number of halogens is 6. The summed E-state index contributed by atoms with van der Waals surface area (Å²) in [6, 6.07) is 0.406. The Morgan fingerprint density at radius 3 is 0.768 bits per heavy atom. The summed E-state index contributed by atoms with van der Waals surface area (Å²) < 4.78 is 42.5. The fourth-order valence-corrected chi connectivity index (χ4v) is 3.98. The molecule has 4 aromatic rings. The van der Waals surface area contributed by atoms with Crippen molar-refractivity contribution < 1.29 is 43.0 Å². The second-order valence-electron chi connectivity index (χ2n) is 9.69. The van der Waals surface area contributed by atoms with Crippen LogP contribution in [0.5, 0.6) is 36.1 Å². The summed E-state index contributed by atoms with van der Waals surface area (Å²) in [6.07, 6.45) is 2.51. The molecule has 0 saturated carbocycles. The highest BCUT2D eigenvalue weighted by molar-refractivity contribution is 6.31. The number of aliphatic hydroxyl groups is 1. The van der Waals surface area contributed by atoms with E-state index in [9.17, 15) is 0 Å². The fraction of sp³-hybridized carbons (Fsp3) is 0.586. The van der Waals surface area contributed by atoms with Gasteiger partial charge in [0.15, 0.2) is 0 Å². The van der Waals surface area contributed by atoms with Gasteiger partial charge in [-0.3, -0.25) is 0 Å². The normalized spacial score (nSPS) is 10.4. The monoisotopic (exact) mass is 908 g/mol. The highest BCUT2D eigenvalue weighted by Gasteiger charge is 2.10. The number of aromatic nitrogens is 12. The fourth-order valence-electron chi connectivity index (χ4n) is 2.99. The van der Waals surface area contributed by atoms with Crippen LogP contribution < -0.4 is 28.4 Å². The molecule has 0 aliphatic heterocycles. The molecule has 4 heterocycles. The third-order valence-electron chi connectivity index (χ3n) is 5.18. The van der Waals surface area contributed by atoms with E-state index in [2.05, 4.69) is 59.8 Å². The lowest BCUT2D eigenvalue weighted by Crippen LogP contribution is -2.14. The van der Waals surface area contributed by atoms with Gasteiger partial charge in [-0.05, 0) is 88.9 Å². The smallest absolute Gasteiger partial charge is 0.324 e. The van der Waals surface area contributed by atoms with Crippen LogP contribution in [-0.2, 0) is 9.47 Å². The summed E-state index contributed by atoms with van der Waals surface area (Å²) in [7, 11) is 0. The maximum atomic E-state index is 7.88.